The Morgan fingerprint density at radius 1 is 1.03 bits per heavy atom. The van der Waals surface area contributed by atoms with Gasteiger partial charge in [-0.05, 0) is 18.2 Å². The number of benzene rings is 2. The molecule has 8 heteroatoms. The number of anilines is 1. The number of nitrogens with zero attached hydrogens (tertiary/aromatic N) is 5. The van der Waals surface area contributed by atoms with Crippen LogP contribution in [0.3, 0.4) is 0 Å². The number of hydrogen-bond acceptors (Lipinski definition) is 5. The molecule has 0 atom stereocenters. The highest BCUT2D eigenvalue weighted by atomic mass is 16.5. The molecule has 0 unspecified atom stereocenters. The van der Waals surface area contributed by atoms with Crippen molar-refractivity contribution in [2.24, 2.45) is 7.05 Å². The van der Waals surface area contributed by atoms with E-state index in [1.807, 2.05) is 60.1 Å². The minimum Gasteiger partial charge on any atom is -0.497 e. The normalized spacial score (nSPS) is 14.3. The third kappa shape index (κ3) is 3.37. The molecule has 4 aromatic rings. The molecule has 0 spiro atoms. The highest BCUT2D eigenvalue weighted by Gasteiger charge is 2.23. The Labute approximate surface area is 185 Å². The Morgan fingerprint density at radius 3 is 2.59 bits per heavy atom. The smallest absolute Gasteiger partial charge is 0.291 e. The first-order valence-electron chi connectivity index (χ1n) is 10.7. The molecule has 0 radical (unpaired) electrons. The minimum atomic E-state index is -0.246. The zero-order valence-electron chi connectivity index (χ0n) is 18.2. The van der Waals surface area contributed by atoms with E-state index in [0.29, 0.717) is 18.6 Å². The summed E-state index contributed by atoms with van der Waals surface area (Å²) < 4.78 is 8.46. The number of ether oxygens (including phenoxy) is 1. The van der Waals surface area contributed by atoms with Crippen molar-refractivity contribution in [3.8, 4) is 5.75 Å². The first kappa shape index (κ1) is 20.1. The largest absolute Gasteiger partial charge is 0.497 e. The van der Waals surface area contributed by atoms with E-state index in [1.54, 1.807) is 18.2 Å². The van der Waals surface area contributed by atoms with E-state index >= 15 is 0 Å². The van der Waals surface area contributed by atoms with Gasteiger partial charge in [-0.25, -0.2) is 4.68 Å². The Bertz CT molecular complexity index is 1370. The number of methoxy groups -OCH3 is 1. The lowest BCUT2D eigenvalue weighted by Gasteiger charge is -2.36. The Kier molecular flexibility index (Phi) is 5.05. The van der Waals surface area contributed by atoms with Gasteiger partial charge in [0.15, 0.2) is 0 Å². The lowest BCUT2D eigenvalue weighted by Crippen LogP contribution is -2.50. The van der Waals surface area contributed by atoms with E-state index < -0.39 is 0 Å². The van der Waals surface area contributed by atoms with Crippen LogP contribution in [0.4, 0.5) is 5.69 Å². The van der Waals surface area contributed by atoms with Gasteiger partial charge in [0.1, 0.15) is 17.8 Å². The van der Waals surface area contributed by atoms with Gasteiger partial charge in [-0.15, -0.1) is 0 Å². The SMILES string of the molecule is COc1cccc(N2CCN(C(=O)Cn3ncc4c5ccccc5n(C)c4c3=O)CC2)c1. The Morgan fingerprint density at radius 2 is 1.81 bits per heavy atom. The predicted molar refractivity (Wildman–Crippen MR) is 124 cm³/mol. The van der Waals surface area contributed by atoms with Crippen LogP contribution < -0.4 is 15.2 Å². The number of aromatic nitrogens is 3. The topological polar surface area (TPSA) is 72.6 Å². The van der Waals surface area contributed by atoms with Crippen LogP contribution in [0.5, 0.6) is 5.75 Å². The van der Waals surface area contributed by atoms with Gasteiger partial charge in [0.25, 0.3) is 5.56 Å². The third-order valence-electron chi connectivity index (χ3n) is 6.25. The van der Waals surface area contributed by atoms with E-state index in [4.69, 9.17) is 4.74 Å². The molecule has 2 aromatic carbocycles. The molecule has 1 aliphatic rings. The number of piperazine rings is 1. The van der Waals surface area contributed by atoms with Gasteiger partial charge >= 0.3 is 0 Å². The summed E-state index contributed by atoms with van der Waals surface area (Å²) in [6, 6.07) is 15.8. The van der Waals surface area contributed by atoms with Crippen molar-refractivity contribution in [3.05, 3.63) is 65.1 Å². The van der Waals surface area contributed by atoms with Crippen molar-refractivity contribution in [1.29, 1.82) is 0 Å². The van der Waals surface area contributed by atoms with Gasteiger partial charge in [0, 0.05) is 61.3 Å². The number of carbonyl (C=O) groups excluding carboxylic acids is 1. The average molecular weight is 431 g/mol. The Hall–Kier alpha value is -3.81. The van der Waals surface area contributed by atoms with E-state index in [9.17, 15) is 9.59 Å². The van der Waals surface area contributed by atoms with Crippen LogP contribution >= 0.6 is 0 Å². The summed E-state index contributed by atoms with van der Waals surface area (Å²) in [6.45, 7) is 2.59. The van der Waals surface area contributed by atoms with Crippen molar-refractivity contribution < 1.29 is 9.53 Å². The van der Waals surface area contributed by atoms with Crippen LogP contribution in [0.2, 0.25) is 0 Å². The number of rotatable bonds is 4. The molecular formula is C24H25N5O3. The van der Waals surface area contributed by atoms with Gasteiger partial charge in [-0.2, -0.15) is 5.10 Å². The van der Waals surface area contributed by atoms with Gasteiger partial charge < -0.3 is 19.1 Å². The predicted octanol–water partition coefficient (Wildman–Crippen LogP) is 2.25. The van der Waals surface area contributed by atoms with Crippen LogP contribution in [0.15, 0.2) is 59.5 Å². The quantitative estimate of drug-likeness (QED) is 0.496. The van der Waals surface area contributed by atoms with Crippen LogP contribution in [-0.4, -0.2) is 58.4 Å². The highest BCUT2D eigenvalue weighted by Crippen LogP contribution is 2.25. The lowest BCUT2D eigenvalue weighted by molar-refractivity contribution is -0.132. The molecule has 32 heavy (non-hydrogen) atoms. The third-order valence-corrected chi connectivity index (χ3v) is 6.25. The van der Waals surface area contributed by atoms with Crippen LogP contribution in [0, 0.1) is 0 Å². The average Bonchev–Trinajstić information content (AvgIpc) is 3.13. The summed E-state index contributed by atoms with van der Waals surface area (Å²) in [7, 11) is 3.52. The molecule has 0 N–H and O–H groups in total. The maximum absolute atomic E-state index is 13.1. The Balaban J connectivity index is 1.32. The van der Waals surface area contributed by atoms with Crippen LogP contribution in [0.1, 0.15) is 0 Å². The van der Waals surface area contributed by atoms with E-state index in [-0.39, 0.29) is 18.0 Å². The van der Waals surface area contributed by atoms with Crippen LogP contribution in [0.25, 0.3) is 21.8 Å². The summed E-state index contributed by atoms with van der Waals surface area (Å²) in [5.74, 6) is 0.721. The summed E-state index contributed by atoms with van der Waals surface area (Å²) >= 11 is 0. The summed E-state index contributed by atoms with van der Waals surface area (Å²) in [4.78, 5) is 30.1. The van der Waals surface area contributed by atoms with Gasteiger partial charge in [0.05, 0.1) is 13.3 Å². The molecule has 164 valence electrons. The van der Waals surface area contributed by atoms with Crippen LogP contribution in [-0.2, 0) is 18.4 Å². The van der Waals surface area contributed by atoms with E-state index in [1.165, 1.54) is 4.68 Å². The lowest BCUT2D eigenvalue weighted by atomic mass is 10.2. The van der Waals surface area contributed by atoms with Gasteiger partial charge in [-0.1, -0.05) is 24.3 Å². The maximum atomic E-state index is 13.1. The molecule has 1 saturated heterocycles. The van der Waals surface area contributed by atoms with Gasteiger partial charge in [0.2, 0.25) is 5.91 Å². The zero-order valence-corrected chi connectivity index (χ0v) is 18.2. The molecule has 2 aromatic heterocycles. The molecule has 3 heterocycles. The molecule has 1 fully saturated rings. The molecule has 1 amide bonds. The number of aryl methyl sites for hydroxylation is 1. The molecule has 0 aliphatic carbocycles. The number of hydrogen-bond donors (Lipinski definition) is 0. The van der Waals surface area contributed by atoms with Crippen molar-refractivity contribution in [3.63, 3.8) is 0 Å². The molecule has 1 aliphatic heterocycles. The van der Waals surface area contributed by atoms with Crippen molar-refractivity contribution in [1.82, 2.24) is 19.2 Å². The standard InChI is InChI=1S/C24H25N5O3/c1-26-21-9-4-3-8-19(21)20-15-25-29(24(31)23(20)26)16-22(30)28-12-10-27(11-13-28)17-6-5-7-18(14-17)32-2/h3-9,14-15H,10-13,16H2,1-2H3. The first-order valence-corrected chi connectivity index (χ1v) is 10.7. The summed E-state index contributed by atoms with van der Waals surface area (Å²) in [5, 5.41) is 6.10. The fraction of sp³-hybridized carbons (Fsp3) is 0.292. The molecule has 0 saturated carbocycles. The second-order valence-electron chi connectivity index (χ2n) is 8.02. The molecular weight excluding hydrogens is 406 g/mol. The summed E-state index contributed by atoms with van der Waals surface area (Å²) in [5.41, 5.74) is 2.37. The molecule has 8 nitrogen and oxygen atoms in total. The zero-order chi connectivity index (χ0) is 22.2. The monoisotopic (exact) mass is 431 g/mol. The van der Waals surface area contributed by atoms with Crippen molar-refractivity contribution in [2.75, 3.05) is 38.2 Å². The van der Waals surface area contributed by atoms with Crippen molar-refractivity contribution in [2.45, 2.75) is 6.54 Å². The number of para-hydroxylation sites is 1. The molecule has 0 bridgehead atoms. The second-order valence-corrected chi connectivity index (χ2v) is 8.02. The van der Waals surface area contributed by atoms with E-state index in [2.05, 4.69) is 10.00 Å². The number of amides is 1. The molecule has 5 rings (SSSR count). The maximum Gasteiger partial charge on any atom is 0.291 e. The fourth-order valence-corrected chi connectivity index (χ4v) is 4.48. The fourth-order valence-electron chi connectivity index (χ4n) is 4.48. The van der Waals surface area contributed by atoms with Crippen molar-refractivity contribution >= 4 is 33.4 Å². The van der Waals surface area contributed by atoms with E-state index in [0.717, 1.165) is 40.8 Å². The van der Waals surface area contributed by atoms with Gasteiger partial charge in [-0.3, -0.25) is 9.59 Å². The number of fused-ring (bicyclic) bond motifs is 3. The minimum absolute atomic E-state index is 0.0601. The highest BCUT2D eigenvalue weighted by molar-refractivity contribution is 6.07. The first-order chi connectivity index (χ1) is 15.6. The second kappa shape index (κ2) is 8.03. The summed E-state index contributed by atoms with van der Waals surface area (Å²) in [6.07, 6.45) is 1.69. The number of carbonyl (C=O) groups is 1.